The van der Waals surface area contributed by atoms with Crippen LogP contribution in [0, 0.1) is 10.8 Å². The Bertz CT molecular complexity index is 567. The molecular formula is C16H22Br4O5. The molecule has 0 aliphatic carbocycles. The van der Waals surface area contributed by atoms with Crippen LogP contribution in [-0.2, 0) is 23.7 Å². The van der Waals surface area contributed by atoms with E-state index in [1.807, 2.05) is 0 Å². The van der Waals surface area contributed by atoms with E-state index in [2.05, 4.69) is 105 Å². The Balaban J connectivity index is 1.47. The van der Waals surface area contributed by atoms with Crippen molar-refractivity contribution in [3.63, 3.8) is 0 Å². The van der Waals surface area contributed by atoms with E-state index >= 15 is 0 Å². The minimum atomic E-state index is -1.29. The molecule has 6 rings (SSSR count). The second-order valence-corrected chi connectivity index (χ2v) is 16.6. The Hall–Kier alpha value is 1.72. The van der Waals surface area contributed by atoms with Gasteiger partial charge in [0.1, 0.15) is 0 Å². The maximum absolute atomic E-state index is 6.06. The first-order valence-corrected chi connectivity index (χ1v) is 11.4. The molecule has 0 radical (unpaired) electrons. The first kappa shape index (κ1) is 20.0. The Labute approximate surface area is 181 Å². The first-order chi connectivity index (χ1) is 10.9. The van der Waals surface area contributed by atoms with Crippen molar-refractivity contribution >= 4 is 63.7 Å². The minimum Gasteiger partial charge on any atom is -0.290 e. The molecule has 0 spiro atoms. The summed E-state index contributed by atoms with van der Waals surface area (Å²) in [6, 6.07) is 0. The van der Waals surface area contributed by atoms with Crippen molar-refractivity contribution in [2.75, 3.05) is 0 Å². The third-order valence-corrected chi connectivity index (χ3v) is 9.08. The molecule has 6 aliphatic heterocycles. The molecule has 5 nitrogen and oxygen atoms in total. The van der Waals surface area contributed by atoms with Crippen LogP contribution in [0.15, 0.2) is 0 Å². The molecule has 0 unspecified atom stereocenters. The van der Waals surface area contributed by atoms with Gasteiger partial charge in [-0.15, -0.1) is 0 Å². The van der Waals surface area contributed by atoms with Crippen LogP contribution >= 0.6 is 63.7 Å². The monoisotopic (exact) mass is 610 g/mol. The highest BCUT2D eigenvalue weighted by Gasteiger charge is 2.98. The van der Waals surface area contributed by atoms with Gasteiger partial charge in [-0.3, -0.25) is 23.7 Å². The van der Waals surface area contributed by atoms with Crippen molar-refractivity contribution in [1.82, 2.24) is 0 Å². The number of rotatable bonds is 4. The van der Waals surface area contributed by atoms with Crippen LogP contribution in [0.25, 0.3) is 0 Å². The smallest absolute Gasteiger partial charge is 0.290 e. The molecule has 0 atom stereocenters. The lowest BCUT2D eigenvalue weighted by atomic mass is 9.79. The number of hydrogen-bond donors (Lipinski definition) is 0. The predicted octanol–water partition coefficient (Wildman–Crippen LogP) is 5.67. The van der Waals surface area contributed by atoms with Crippen LogP contribution in [0.1, 0.15) is 54.4 Å². The molecule has 6 aliphatic rings. The molecule has 0 aromatic heterocycles. The Kier molecular flexibility index (Phi) is 3.91. The largest absolute Gasteiger partial charge is 0.324 e. The summed E-state index contributed by atoms with van der Waals surface area (Å²) in [5.74, 6) is -4.11. The number of halogens is 4. The van der Waals surface area contributed by atoms with Crippen LogP contribution in [0.3, 0.4) is 0 Å². The van der Waals surface area contributed by atoms with Gasteiger partial charge in [-0.1, -0.05) is 105 Å². The van der Waals surface area contributed by atoms with E-state index < -0.39 is 30.0 Å². The lowest BCUT2D eigenvalue weighted by molar-refractivity contribution is -0.777. The quantitative estimate of drug-likeness (QED) is 0.383. The van der Waals surface area contributed by atoms with Gasteiger partial charge in [-0.05, 0) is 10.8 Å². The van der Waals surface area contributed by atoms with Gasteiger partial charge < -0.3 is 0 Å². The Morgan fingerprint density at radius 2 is 0.920 bits per heavy atom. The van der Waals surface area contributed by atoms with E-state index in [0.29, 0.717) is 12.8 Å². The van der Waals surface area contributed by atoms with E-state index in [-0.39, 0.29) is 10.8 Å². The second kappa shape index (κ2) is 4.89. The second-order valence-electron chi connectivity index (χ2n) is 9.75. The summed E-state index contributed by atoms with van der Waals surface area (Å²) in [4.78, 5) is 0. The molecule has 25 heavy (non-hydrogen) atoms. The van der Waals surface area contributed by atoms with Crippen molar-refractivity contribution in [1.29, 1.82) is 0 Å². The van der Waals surface area contributed by atoms with Crippen LogP contribution in [0.5, 0.6) is 0 Å². The normalized spacial score (nSPS) is 48.7. The van der Waals surface area contributed by atoms with Crippen LogP contribution in [0.4, 0.5) is 0 Å². The Morgan fingerprint density at radius 3 is 1.12 bits per heavy atom. The molecule has 9 heteroatoms. The van der Waals surface area contributed by atoms with Crippen molar-refractivity contribution in [3.8, 4) is 0 Å². The van der Waals surface area contributed by atoms with E-state index in [1.165, 1.54) is 0 Å². The summed E-state index contributed by atoms with van der Waals surface area (Å²) < 4.78 is 28.6. The fourth-order valence-corrected chi connectivity index (χ4v) is 6.01. The van der Waals surface area contributed by atoms with Gasteiger partial charge in [0.15, 0.2) is 0 Å². The average molecular weight is 614 g/mol. The molecule has 0 N–H and O–H groups in total. The molecule has 0 saturated carbocycles. The Morgan fingerprint density at radius 1 is 0.640 bits per heavy atom. The van der Waals surface area contributed by atoms with Gasteiger partial charge in [-0.25, -0.2) is 0 Å². The summed E-state index contributed by atoms with van der Waals surface area (Å²) in [6.45, 7) is 12.8. The highest BCUT2D eigenvalue weighted by Crippen LogP contribution is 2.81. The van der Waals surface area contributed by atoms with E-state index in [0.717, 1.165) is 0 Å². The highest BCUT2D eigenvalue weighted by molar-refractivity contribution is 9.25. The maximum Gasteiger partial charge on any atom is 0.324 e. The van der Waals surface area contributed by atoms with Crippen LogP contribution < -0.4 is 0 Å². The van der Waals surface area contributed by atoms with Crippen molar-refractivity contribution < 1.29 is 23.7 Å². The topological polar surface area (TPSA) is 46.2 Å². The van der Waals surface area contributed by atoms with E-state index in [9.17, 15) is 0 Å². The standard InChI is InChI=1S/C16H22Br4O5/c1-9(2,3)7-11-13(17,18)15(21-11,22-11)25-16-14(19,20)12(23-16,24-16)8-10(4,5)6/h7-8H2,1-6H3. The van der Waals surface area contributed by atoms with Gasteiger partial charge in [0.05, 0.1) is 0 Å². The number of ether oxygens (including phenoxy) is 5. The van der Waals surface area contributed by atoms with Gasteiger partial charge in [0.2, 0.25) is 18.0 Å². The van der Waals surface area contributed by atoms with Gasteiger partial charge in [-0.2, -0.15) is 0 Å². The summed E-state index contributed by atoms with van der Waals surface area (Å²) >= 11 is 14.7. The average Bonchev–Trinajstić information content (AvgIpc) is 2.30. The molecule has 6 fully saturated rings. The van der Waals surface area contributed by atoms with Crippen molar-refractivity contribution in [2.24, 2.45) is 10.8 Å². The van der Waals surface area contributed by atoms with Gasteiger partial charge in [0.25, 0.3) is 0 Å². The molecule has 6 heterocycles. The van der Waals surface area contributed by atoms with Crippen LogP contribution in [-0.4, -0.2) is 30.0 Å². The minimum absolute atomic E-state index is 0.0358. The zero-order valence-corrected chi connectivity index (χ0v) is 21.3. The molecule has 0 aromatic carbocycles. The number of alkyl halides is 4. The predicted molar refractivity (Wildman–Crippen MR) is 106 cm³/mol. The maximum atomic E-state index is 6.06. The molecule has 144 valence electrons. The van der Waals surface area contributed by atoms with E-state index in [1.54, 1.807) is 0 Å². The van der Waals surface area contributed by atoms with Gasteiger partial charge in [0, 0.05) is 12.8 Å². The SMILES string of the molecule is CC(C)(C)CC12OC(OC34OC(CC(C)(C)C)(O3)C4(Br)Br)(O1)C2(Br)Br. The number of hydrogen-bond acceptors (Lipinski definition) is 5. The third-order valence-electron chi connectivity index (χ3n) is 4.72. The molecule has 0 aromatic rings. The fourth-order valence-electron chi connectivity index (χ4n) is 3.83. The summed E-state index contributed by atoms with van der Waals surface area (Å²) in [5, 5.41) is 0. The van der Waals surface area contributed by atoms with Crippen LogP contribution in [0.2, 0.25) is 0 Å². The molecule has 4 bridgehead atoms. The fraction of sp³-hybridized carbons (Fsp3) is 1.00. The molecule has 0 amide bonds. The summed E-state index contributed by atoms with van der Waals surface area (Å²) in [6.07, 6.45) is 1.41. The summed E-state index contributed by atoms with van der Waals surface area (Å²) in [7, 11) is 0. The lowest BCUT2D eigenvalue weighted by Gasteiger charge is -2.81. The lowest BCUT2D eigenvalue weighted by Crippen LogP contribution is -2.99. The van der Waals surface area contributed by atoms with Crippen molar-refractivity contribution in [3.05, 3.63) is 0 Å². The molecular weight excluding hydrogens is 592 g/mol. The van der Waals surface area contributed by atoms with Crippen molar-refractivity contribution in [2.45, 2.75) is 84.4 Å². The third kappa shape index (κ3) is 2.28. The zero-order valence-electron chi connectivity index (χ0n) is 15.0. The zero-order chi connectivity index (χ0) is 18.9. The van der Waals surface area contributed by atoms with E-state index in [4.69, 9.17) is 23.7 Å². The highest BCUT2D eigenvalue weighted by atomic mass is 79.9. The first-order valence-electron chi connectivity index (χ1n) is 8.21. The van der Waals surface area contributed by atoms with Gasteiger partial charge >= 0.3 is 11.9 Å². The summed E-state index contributed by atoms with van der Waals surface area (Å²) in [5.41, 5.74) is 0.0716. The molecule has 6 saturated heterocycles.